The molecule has 0 fully saturated rings. The minimum absolute atomic E-state index is 0.0376. The summed E-state index contributed by atoms with van der Waals surface area (Å²) in [7, 11) is 1.36. The summed E-state index contributed by atoms with van der Waals surface area (Å²) in [6.07, 6.45) is 0. The monoisotopic (exact) mass is 331 g/mol. The number of aromatic nitrogens is 2. The van der Waals surface area contributed by atoms with Crippen molar-refractivity contribution < 1.29 is 14.3 Å². The van der Waals surface area contributed by atoms with E-state index in [1.807, 2.05) is 26.0 Å². The quantitative estimate of drug-likeness (QED) is 0.827. The summed E-state index contributed by atoms with van der Waals surface area (Å²) in [6, 6.07) is 7.26. The first kappa shape index (κ1) is 15.6. The van der Waals surface area contributed by atoms with E-state index in [4.69, 9.17) is 4.74 Å². The van der Waals surface area contributed by atoms with Crippen LogP contribution >= 0.6 is 11.8 Å². The highest BCUT2D eigenvalue weighted by Crippen LogP contribution is 2.44. The number of hydrogen-bond donors (Lipinski definition) is 2. The normalized spacial score (nSPS) is 20.4. The highest BCUT2D eigenvalue weighted by molar-refractivity contribution is 8.01. The number of hydrogen-bond acceptors (Lipinski definition) is 5. The van der Waals surface area contributed by atoms with Crippen molar-refractivity contribution in [2.24, 2.45) is 0 Å². The van der Waals surface area contributed by atoms with Crippen molar-refractivity contribution in [2.45, 2.75) is 24.3 Å². The minimum atomic E-state index is -0.365. The van der Waals surface area contributed by atoms with Crippen molar-refractivity contribution >= 4 is 29.5 Å². The predicted molar refractivity (Wildman–Crippen MR) is 88.6 cm³/mol. The molecule has 6 nitrogen and oxygen atoms in total. The molecule has 1 amide bonds. The molecule has 2 aromatic rings. The van der Waals surface area contributed by atoms with Gasteiger partial charge in [0.15, 0.2) is 5.82 Å². The molecule has 0 unspecified atom stereocenters. The molecule has 0 saturated carbocycles. The summed E-state index contributed by atoms with van der Waals surface area (Å²) in [5, 5.41) is 9.74. The van der Waals surface area contributed by atoms with Crippen molar-refractivity contribution in [3.05, 3.63) is 46.6 Å². The van der Waals surface area contributed by atoms with Gasteiger partial charge in [-0.15, -0.1) is 11.8 Å². The maximum atomic E-state index is 12.1. The summed E-state index contributed by atoms with van der Waals surface area (Å²) in [5.41, 5.74) is 3.40. The Morgan fingerprint density at radius 3 is 2.65 bits per heavy atom. The lowest BCUT2D eigenvalue weighted by atomic mass is 10.0. The zero-order valence-corrected chi connectivity index (χ0v) is 13.9. The van der Waals surface area contributed by atoms with Crippen LogP contribution in [-0.2, 0) is 9.53 Å². The van der Waals surface area contributed by atoms with Gasteiger partial charge in [-0.25, -0.2) is 4.79 Å². The van der Waals surface area contributed by atoms with Gasteiger partial charge in [0.25, 0.3) is 0 Å². The molecule has 0 aliphatic carbocycles. The molecule has 1 aromatic carbocycles. The molecule has 0 radical (unpaired) electrons. The molecule has 0 spiro atoms. The molecule has 3 rings (SSSR count). The van der Waals surface area contributed by atoms with E-state index >= 15 is 0 Å². The Morgan fingerprint density at radius 2 is 2.00 bits per heavy atom. The predicted octanol–water partition coefficient (Wildman–Crippen LogP) is 2.67. The summed E-state index contributed by atoms with van der Waals surface area (Å²) < 4.78 is 4.72. The van der Waals surface area contributed by atoms with Gasteiger partial charge in [0.1, 0.15) is 0 Å². The smallest absolute Gasteiger partial charge is 0.337 e. The Morgan fingerprint density at radius 1 is 1.30 bits per heavy atom. The number of carbonyl (C=O) groups excluding carboxylic acids is 2. The number of fused-ring (bicyclic) bond motifs is 1. The largest absolute Gasteiger partial charge is 0.465 e. The van der Waals surface area contributed by atoms with E-state index in [0.29, 0.717) is 11.4 Å². The van der Waals surface area contributed by atoms with E-state index in [9.17, 15) is 9.59 Å². The van der Waals surface area contributed by atoms with Crippen LogP contribution in [0.5, 0.6) is 0 Å². The van der Waals surface area contributed by atoms with Gasteiger partial charge in [-0.3, -0.25) is 9.89 Å². The number of methoxy groups -OCH3 is 1. The number of thioether (sulfide) groups is 1. The van der Waals surface area contributed by atoms with Crippen LogP contribution in [0.25, 0.3) is 0 Å². The average Bonchev–Trinajstić information content (AvgIpc) is 2.85. The van der Waals surface area contributed by atoms with Gasteiger partial charge in [-0.1, -0.05) is 12.1 Å². The van der Waals surface area contributed by atoms with E-state index in [1.54, 1.807) is 23.9 Å². The van der Waals surface area contributed by atoms with Gasteiger partial charge in [-0.2, -0.15) is 5.10 Å². The van der Waals surface area contributed by atoms with Gasteiger partial charge in [-0.05, 0) is 31.5 Å². The first-order valence-electron chi connectivity index (χ1n) is 7.20. The molecule has 23 heavy (non-hydrogen) atoms. The second kappa shape index (κ2) is 6.08. The van der Waals surface area contributed by atoms with Gasteiger partial charge in [0.2, 0.25) is 5.91 Å². The first-order chi connectivity index (χ1) is 11.0. The Bertz CT molecular complexity index is 754. The number of aromatic amines is 1. The average molecular weight is 331 g/mol. The van der Waals surface area contributed by atoms with E-state index < -0.39 is 0 Å². The maximum Gasteiger partial charge on any atom is 0.337 e. The van der Waals surface area contributed by atoms with Crippen LogP contribution in [0.3, 0.4) is 0 Å². The van der Waals surface area contributed by atoms with Crippen LogP contribution in [0.15, 0.2) is 24.3 Å². The lowest BCUT2D eigenvalue weighted by Crippen LogP contribution is -2.21. The summed E-state index contributed by atoms with van der Waals surface area (Å²) in [5.74, 6) is 0.151. The van der Waals surface area contributed by atoms with Crippen LogP contribution in [0.2, 0.25) is 0 Å². The third kappa shape index (κ3) is 2.84. The van der Waals surface area contributed by atoms with Crippen molar-refractivity contribution in [2.75, 3.05) is 12.4 Å². The summed E-state index contributed by atoms with van der Waals surface area (Å²) in [4.78, 5) is 23.7. The van der Waals surface area contributed by atoms with Crippen LogP contribution in [0, 0.1) is 6.92 Å². The Balaban J connectivity index is 2.02. The lowest BCUT2D eigenvalue weighted by molar-refractivity contribution is -0.115. The number of amides is 1. The van der Waals surface area contributed by atoms with Gasteiger partial charge in [0.05, 0.1) is 23.2 Å². The van der Waals surface area contributed by atoms with Crippen molar-refractivity contribution in [1.29, 1.82) is 0 Å². The minimum Gasteiger partial charge on any atom is -0.465 e. The molecular formula is C16H17N3O3S. The number of aryl methyl sites for hydroxylation is 1. The Hall–Kier alpha value is -2.28. The second-order valence-corrected chi connectivity index (χ2v) is 6.82. The number of anilines is 1. The molecule has 1 aliphatic heterocycles. The third-order valence-electron chi connectivity index (χ3n) is 3.84. The molecule has 7 heteroatoms. The van der Waals surface area contributed by atoms with Crippen LogP contribution in [0.1, 0.15) is 39.4 Å². The van der Waals surface area contributed by atoms with Gasteiger partial charge < -0.3 is 10.1 Å². The van der Waals surface area contributed by atoms with Crippen LogP contribution < -0.4 is 5.32 Å². The van der Waals surface area contributed by atoms with Crippen molar-refractivity contribution in [3.63, 3.8) is 0 Å². The third-order valence-corrected chi connectivity index (χ3v) is 5.24. The van der Waals surface area contributed by atoms with Crippen molar-refractivity contribution in [3.8, 4) is 0 Å². The fourth-order valence-corrected chi connectivity index (χ4v) is 3.89. The van der Waals surface area contributed by atoms with Crippen molar-refractivity contribution in [1.82, 2.24) is 10.2 Å². The highest BCUT2D eigenvalue weighted by atomic mass is 32.2. The zero-order valence-electron chi connectivity index (χ0n) is 13.0. The summed E-state index contributed by atoms with van der Waals surface area (Å²) in [6.45, 7) is 3.81. The highest BCUT2D eigenvalue weighted by Gasteiger charge is 2.32. The Kier molecular flexibility index (Phi) is 4.12. The van der Waals surface area contributed by atoms with E-state index in [0.717, 1.165) is 16.8 Å². The lowest BCUT2D eigenvalue weighted by Gasteiger charge is -2.17. The summed E-state index contributed by atoms with van der Waals surface area (Å²) >= 11 is 1.56. The maximum absolute atomic E-state index is 12.1. The topological polar surface area (TPSA) is 84.1 Å². The molecule has 1 aliphatic rings. The fourth-order valence-electron chi connectivity index (χ4n) is 2.56. The fraction of sp³-hybridized carbons (Fsp3) is 0.312. The van der Waals surface area contributed by atoms with E-state index in [2.05, 4.69) is 15.5 Å². The zero-order chi connectivity index (χ0) is 16.6. The number of H-pyrrole nitrogens is 1. The number of nitrogens with one attached hydrogen (secondary N) is 2. The number of ether oxygens (including phenoxy) is 1. The number of benzene rings is 1. The molecule has 2 atom stereocenters. The SMILES string of the molecule is COC(=O)c1ccc([C@H]2S[C@@H](C)C(=O)Nc3n[nH]c(C)c32)cc1. The van der Waals surface area contributed by atoms with Crippen LogP contribution in [0.4, 0.5) is 5.82 Å². The van der Waals surface area contributed by atoms with Gasteiger partial charge >= 0.3 is 5.97 Å². The molecule has 0 bridgehead atoms. The molecule has 2 N–H and O–H groups in total. The second-order valence-electron chi connectivity index (χ2n) is 5.37. The Labute approximate surface area is 138 Å². The number of nitrogens with zero attached hydrogens (tertiary/aromatic N) is 1. The molecule has 2 heterocycles. The number of esters is 1. The van der Waals surface area contributed by atoms with E-state index in [-0.39, 0.29) is 22.4 Å². The molecule has 120 valence electrons. The number of rotatable bonds is 2. The first-order valence-corrected chi connectivity index (χ1v) is 8.15. The molecule has 1 aromatic heterocycles. The standard InChI is InChI=1S/C16H17N3O3S/c1-8-12-13(10-4-6-11(7-5-10)16(21)22-3)23-9(2)15(20)17-14(12)19-18-8/h4-7,9,13H,1-3H3,(H2,17,18,19,20)/t9-,13+/m0/s1. The molecular weight excluding hydrogens is 314 g/mol. The number of carbonyl (C=O) groups is 2. The van der Waals surface area contributed by atoms with Gasteiger partial charge in [0, 0.05) is 11.3 Å². The van der Waals surface area contributed by atoms with E-state index in [1.165, 1.54) is 7.11 Å². The van der Waals surface area contributed by atoms with Crippen LogP contribution in [-0.4, -0.2) is 34.4 Å². The molecule has 0 saturated heterocycles.